The summed E-state index contributed by atoms with van der Waals surface area (Å²) in [5.74, 6) is -0.762. The molecule has 1 amide bonds. The van der Waals surface area contributed by atoms with Gasteiger partial charge in [0.1, 0.15) is 17.5 Å². The van der Waals surface area contributed by atoms with Crippen LogP contribution in [0.15, 0.2) is 61.1 Å². The molecule has 2 aliphatic rings. The fraction of sp³-hybridized carbons (Fsp3) is 0.321. The Morgan fingerprint density at radius 3 is 2.41 bits per heavy atom. The molecule has 2 unspecified atom stereocenters. The van der Waals surface area contributed by atoms with Gasteiger partial charge in [-0.05, 0) is 55.8 Å². The number of carbonyl (C=O) groups is 1. The maximum atomic E-state index is 13.5. The molecule has 1 saturated heterocycles. The van der Waals surface area contributed by atoms with Crippen LogP contribution in [-0.2, 0) is 5.54 Å². The van der Waals surface area contributed by atoms with E-state index in [1.165, 1.54) is 30.7 Å². The van der Waals surface area contributed by atoms with Crippen LogP contribution in [-0.4, -0.2) is 61.3 Å². The minimum atomic E-state index is -3.16. The molecule has 2 atom stereocenters. The van der Waals surface area contributed by atoms with E-state index < -0.39 is 23.9 Å². The molecule has 10 nitrogen and oxygen atoms in total. The molecule has 2 N–H and O–H groups in total. The van der Waals surface area contributed by atoms with Crippen molar-refractivity contribution in [3.63, 3.8) is 0 Å². The zero-order chi connectivity index (χ0) is 28.9. The molecule has 212 valence electrons. The number of halogens is 3. The van der Waals surface area contributed by atoms with Crippen molar-refractivity contribution in [2.45, 2.75) is 32.1 Å². The van der Waals surface area contributed by atoms with E-state index >= 15 is 0 Å². The van der Waals surface area contributed by atoms with Gasteiger partial charge >= 0.3 is 6.61 Å². The van der Waals surface area contributed by atoms with Gasteiger partial charge in [0, 0.05) is 54.5 Å². The van der Waals surface area contributed by atoms with Crippen molar-refractivity contribution in [3.8, 4) is 29.0 Å². The van der Waals surface area contributed by atoms with Crippen LogP contribution in [0.2, 0.25) is 0 Å². The number of amides is 1. The van der Waals surface area contributed by atoms with Gasteiger partial charge in [0.25, 0.3) is 17.7 Å². The zero-order valence-electron chi connectivity index (χ0n) is 22.1. The number of ether oxygens (including phenoxy) is 2. The summed E-state index contributed by atoms with van der Waals surface area (Å²) in [5.41, 5.74) is 7.70. The Hall–Kier alpha value is -4.52. The summed E-state index contributed by atoms with van der Waals surface area (Å²) >= 11 is 0. The van der Waals surface area contributed by atoms with E-state index in [-0.39, 0.29) is 35.3 Å². The lowest BCUT2D eigenvalue weighted by molar-refractivity contribution is -0.0534. The van der Waals surface area contributed by atoms with Crippen LogP contribution in [0.25, 0.3) is 17.2 Å². The predicted octanol–water partition coefficient (Wildman–Crippen LogP) is 3.81. The number of benzene rings is 1. The number of hydrogen-bond donors (Lipinski definition) is 1. The molecule has 0 spiro atoms. The maximum Gasteiger partial charge on any atom is 0.388 e. The lowest BCUT2D eigenvalue weighted by Gasteiger charge is -2.22. The van der Waals surface area contributed by atoms with Crippen molar-refractivity contribution in [1.82, 2.24) is 29.6 Å². The summed E-state index contributed by atoms with van der Waals surface area (Å²) < 4.78 is 51.5. The van der Waals surface area contributed by atoms with Crippen molar-refractivity contribution < 1.29 is 27.4 Å². The Labute approximate surface area is 232 Å². The summed E-state index contributed by atoms with van der Waals surface area (Å²) in [4.78, 5) is 27.6. The Kier molecular flexibility index (Phi) is 6.60. The fourth-order valence-corrected chi connectivity index (χ4v) is 5.02. The Bertz CT molecular complexity index is 1560. The second kappa shape index (κ2) is 10.1. The molecule has 1 aliphatic heterocycles. The standard InChI is InChI=1S/C28H26F3N7O3/c1-28(2,32)16-10-21(15-4-6-17(29)7-5-15)35-22(11-16)40-23-18-12-37(13-19(18)23)25(39)20-14-38(27-33-8-3-9-34-27)36-24(20)41-26(30)31/h3-11,14,18-19,23,26H,12-13,32H2,1-2H3. The Balaban J connectivity index is 1.17. The van der Waals surface area contributed by atoms with Crippen molar-refractivity contribution >= 4 is 5.91 Å². The molecule has 1 aliphatic carbocycles. The van der Waals surface area contributed by atoms with Crippen molar-refractivity contribution in [2.75, 3.05) is 13.1 Å². The molecule has 1 saturated carbocycles. The van der Waals surface area contributed by atoms with Crippen LogP contribution >= 0.6 is 0 Å². The van der Waals surface area contributed by atoms with Crippen LogP contribution in [0.1, 0.15) is 29.8 Å². The van der Waals surface area contributed by atoms with Crippen LogP contribution in [0, 0.1) is 17.7 Å². The number of nitrogens with two attached hydrogens (primary N) is 1. The molecule has 3 aromatic heterocycles. The number of pyridine rings is 1. The van der Waals surface area contributed by atoms with E-state index in [0.29, 0.717) is 24.7 Å². The Morgan fingerprint density at radius 2 is 1.78 bits per heavy atom. The van der Waals surface area contributed by atoms with Gasteiger partial charge in [-0.1, -0.05) is 0 Å². The zero-order valence-corrected chi connectivity index (χ0v) is 22.1. The first-order valence-electron chi connectivity index (χ1n) is 12.9. The lowest BCUT2D eigenvalue weighted by Crippen LogP contribution is -2.33. The van der Waals surface area contributed by atoms with E-state index in [2.05, 4.69) is 24.8 Å². The number of likely N-dealkylation sites (tertiary alicyclic amines) is 1. The van der Waals surface area contributed by atoms with Crippen LogP contribution in [0.4, 0.5) is 13.2 Å². The van der Waals surface area contributed by atoms with Gasteiger partial charge in [-0.25, -0.2) is 24.0 Å². The predicted molar refractivity (Wildman–Crippen MR) is 140 cm³/mol. The lowest BCUT2D eigenvalue weighted by atomic mass is 9.95. The first kappa shape index (κ1) is 26.7. The molecular formula is C28H26F3N7O3. The summed E-state index contributed by atoms with van der Waals surface area (Å²) in [5, 5.41) is 3.96. The maximum absolute atomic E-state index is 13.5. The summed E-state index contributed by atoms with van der Waals surface area (Å²) in [6, 6.07) is 11.2. The van der Waals surface area contributed by atoms with Crippen molar-refractivity contribution in [2.24, 2.45) is 17.6 Å². The molecule has 6 rings (SSSR count). The fourth-order valence-electron chi connectivity index (χ4n) is 5.02. The molecule has 0 radical (unpaired) electrons. The molecule has 41 heavy (non-hydrogen) atoms. The second-order valence-electron chi connectivity index (χ2n) is 10.6. The summed E-state index contributed by atoms with van der Waals surface area (Å²) in [6.45, 7) is 1.31. The highest BCUT2D eigenvalue weighted by atomic mass is 19.3. The van der Waals surface area contributed by atoms with E-state index in [4.69, 9.17) is 10.5 Å². The van der Waals surface area contributed by atoms with Crippen molar-refractivity contribution in [3.05, 3.63) is 78.0 Å². The number of nitrogens with zero attached hydrogens (tertiary/aromatic N) is 6. The number of alkyl halides is 2. The molecule has 1 aromatic carbocycles. The molecule has 2 fully saturated rings. The normalized spacial score (nSPS) is 19.8. The van der Waals surface area contributed by atoms with Gasteiger partial charge in [-0.2, -0.15) is 8.78 Å². The number of piperidine rings is 1. The van der Waals surface area contributed by atoms with E-state index in [1.54, 1.807) is 29.2 Å². The van der Waals surface area contributed by atoms with E-state index in [1.807, 2.05) is 19.9 Å². The number of hydrogen-bond acceptors (Lipinski definition) is 8. The van der Waals surface area contributed by atoms with Crippen LogP contribution in [0.3, 0.4) is 0 Å². The Morgan fingerprint density at radius 1 is 1.10 bits per heavy atom. The quantitative estimate of drug-likeness (QED) is 0.343. The first-order chi connectivity index (χ1) is 19.6. The van der Waals surface area contributed by atoms with Gasteiger partial charge in [0.05, 0.1) is 11.9 Å². The minimum Gasteiger partial charge on any atom is -0.474 e. The van der Waals surface area contributed by atoms with Gasteiger partial charge in [-0.15, -0.1) is 5.10 Å². The van der Waals surface area contributed by atoms with Crippen molar-refractivity contribution in [1.29, 1.82) is 0 Å². The average Bonchev–Trinajstić information content (AvgIpc) is 3.26. The highest BCUT2D eigenvalue weighted by Crippen LogP contribution is 2.48. The van der Waals surface area contributed by atoms with E-state index in [0.717, 1.165) is 15.8 Å². The topological polar surface area (TPSA) is 121 Å². The SMILES string of the molecule is CC(C)(N)c1cc(OC2C3CN(C(=O)c4cn(-c5ncccn5)nc4OC(F)F)CC32)nc(-c2ccc(F)cc2)c1. The minimum absolute atomic E-state index is 0.0385. The van der Waals surface area contributed by atoms with E-state index in [9.17, 15) is 18.0 Å². The van der Waals surface area contributed by atoms with Crippen LogP contribution in [0.5, 0.6) is 11.8 Å². The van der Waals surface area contributed by atoms with Gasteiger partial charge in [0.2, 0.25) is 5.88 Å². The largest absolute Gasteiger partial charge is 0.474 e. The average molecular weight is 566 g/mol. The van der Waals surface area contributed by atoms with Gasteiger partial charge < -0.3 is 20.1 Å². The van der Waals surface area contributed by atoms with Gasteiger partial charge in [0.15, 0.2) is 0 Å². The third-order valence-electron chi connectivity index (χ3n) is 7.21. The number of rotatable bonds is 8. The molecule has 4 heterocycles. The summed E-state index contributed by atoms with van der Waals surface area (Å²) in [7, 11) is 0. The molecule has 4 aromatic rings. The van der Waals surface area contributed by atoms with Crippen LogP contribution < -0.4 is 15.2 Å². The second-order valence-corrected chi connectivity index (χ2v) is 10.6. The summed E-state index contributed by atoms with van der Waals surface area (Å²) in [6.07, 6.45) is 4.04. The van der Waals surface area contributed by atoms with Gasteiger partial charge in [-0.3, -0.25) is 4.79 Å². The number of carbonyl (C=O) groups excluding carboxylic acids is 1. The third kappa shape index (κ3) is 5.44. The molecule has 13 heteroatoms. The molecular weight excluding hydrogens is 539 g/mol. The number of fused-ring (bicyclic) bond motifs is 1. The monoisotopic (exact) mass is 565 g/mol. The third-order valence-corrected chi connectivity index (χ3v) is 7.21. The molecule has 0 bridgehead atoms. The number of aromatic nitrogens is 5. The highest BCUT2D eigenvalue weighted by molar-refractivity contribution is 5.96. The smallest absolute Gasteiger partial charge is 0.388 e. The highest BCUT2D eigenvalue weighted by Gasteiger charge is 2.59. The first-order valence-corrected chi connectivity index (χ1v) is 12.9.